The Hall–Kier alpha value is -2.87. The number of nitrogens with two attached hydrogens (primary N) is 1. The number of aliphatic hydroxyl groups is 3. The van der Waals surface area contributed by atoms with E-state index in [1.165, 1.54) is 0 Å². The second kappa shape index (κ2) is 6.38. The van der Waals surface area contributed by atoms with Gasteiger partial charge in [-0.3, -0.25) is 14.2 Å². The highest BCUT2D eigenvalue weighted by Gasteiger charge is 2.68. The lowest BCUT2D eigenvalue weighted by atomic mass is 9.75. The van der Waals surface area contributed by atoms with Crippen molar-refractivity contribution in [2.75, 3.05) is 12.3 Å². The van der Waals surface area contributed by atoms with E-state index >= 15 is 0 Å². The molecule has 2 aromatic rings. The van der Waals surface area contributed by atoms with Gasteiger partial charge in [0, 0.05) is 0 Å². The van der Waals surface area contributed by atoms with Gasteiger partial charge in [0.25, 0.3) is 0 Å². The minimum absolute atomic E-state index is 0.0121. The van der Waals surface area contributed by atoms with E-state index in [0.29, 0.717) is 0 Å². The fourth-order valence-electron chi connectivity index (χ4n) is 3.37. The van der Waals surface area contributed by atoms with Gasteiger partial charge in [0.05, 0.1) is 25.8 Å². The van der Waals surface area contributed by atoms with E-state index in [0.717, 1.165) is 17.2 Å². The molecule has 0 aliphatic carbocycles. The maximum Gasteiger partial charge on any atom is 0.306 e. The molecular formula is C14H17N5O8. The van der Waals surface area contributed by atoms with Crippen molar-refractivity contribution in [2.24, 2.45) is 0 Å². The standard InChI is InChI=1S/C14H17N5O8/c15-10-9-11(17-4-16-10)19(5-18-9)12-14(26,2-8(23)24)13(25,1-7(21)22)6(3-20)27-12/h4-6,12,20,25-26H,1-3H2,(H,21,22)(H,23,24)(H2,15,16,17)/t6-,12-,13-,14+/m1/s1. The highest BCUT2D eigenvalue weighted by Crippen LogP contribution is 2.50. The van der Waals surface area contributed by atoms with E-state index in [4.69, 9.17) is 15.6 Å². The predicted molar refractivity (Wildman–Crippen MR) is 85.1 cm³/mol. The molecule has 4 atom stereocenters. The number of carbonyl (C=O) groups is 2. The lowest BCUT2D eigenvalue weighted by Crippen LogP contribution is -2.60. The van der Waals surface area contributed by atoms with E-state index in [9.17, 15) is 30.0 Å². The van der Waals surface area contributed by atoms with Gasteiger partial charge in [-0.2, -0.15) is 0 Å². The van der Waals surface area contributed by atoms with Gasteiger partial charge in [0.2, 0.25) is 0 Å². The first-order chi connectivity index (χ1) is 12.6. The molecule has 3 heterocycles. The third-order valence-electron chi connectivity index (χ3n) is 4.63. The molecule has 0 spiro atoms. The SMILES string of the molecule is Nc1ncnc2c1ncn2[C@@H]1O[C@H](CO)[C@](O)(CC(=O)O)[C@]1(O)CC(=O)O. The molecule has 27 heavy (non-hydrogen) atoms. The summed E-state index contributed by atoms with van der Waals surface area (Å²) in [5.41, 5.74) is 0.660. The Morgan fingerprint density at radius 3 is 2.37 bits per heavy atom. The number of rotatable bonds is 6. The van der Waals surface area contributed by atoms with Crippen molar-refractivity contribution in [1.29, 1.82) is 0 Å². The molecule has 0 unspecified atom stereocenters. The highest BCUT2D eigenvalue weighted by atomic mass is 16.6. The number of hydrogen-bond acceptors (Lipinski definition) is 10. The lowest BCUT2D eigenvalue weighted by molar-refractivity contribution is -0.185. The number of nitrogen functional groups attached to an aromatic ring is 1. The minimum atomic E-state index is -2.63. The Kier molecular flexibility index (Phi) is 4.47. The zero-order chi connectivity index (χ0) is 20.0. The van der Waals surface area contributed by atoms with Gasteiger partial charge in [-0.25, -0.2) is 15.0 Å². The molecule has 146 valence electrons. The first kappa shape index (κ1) is 18.9. The summed E-state index contributed by atoms with van der Waals surface area (Å²) in [7, 11) is 0. The van der Waals surface area contributed by atoms with Crippen LogP contribution in [-0.4, -0.2) is 80.9 Å². The van der Waals surface area contributed by atoms with E-state index < -0.39 is 54.9 Å². The molecule has 2 aromatic heterocycles. The summed E-state index contributed by atoms with van der Waals surface area (Å²) in [6, 6.07) is 0. The molecule has 0 amide bonds. The number of anilines is 1. The number of aromatic nitrogens is 4. The normalized spacial score (nSPS) is 30.6. The maximum atomic E-state index is 11.4. The van der Waals surface area contributed by atoms with Gasteiger partial charge in [-0.15, -0.1) is 0 Å². The fraction of sp³-hybridized carbons (Fsp3) is 0.500. The first-order valence-electron chi connectivity index (χ1n) is 7.71. The zero-order valence-corrected chi connectivity index (χ0v) is 13.8. The number of imidazole rings is 1. The largest absolute Gasteiger partial charge is 0.481 e. The van der Waals surface area contributed by atoms with Crippen LogP contribution in [0.25, 0.3) is 11.2 Å². The molecule has 0 saturated carbocycles. The van der Waals surface area contributed by atoms with Crippen LogP contribution in [0, 0.1) is 0 Å². The van der Waals surface area contributed by atoms with Gasteiger partial charge in [0.1, 0.15) is 23.5 Å². The Morgan fingerprint density at radius 1 is 1.15 bits per heavy atom. The van der Waals surface area contributed by atoms with Crippen LogP contribution in [0.3, 0.4) is 0 Å². The van der Waals surface area contributed by atoms with Gasteiger partial charge in [-0.05, 0) is 0 Å². The maximum absolute atomic E-state index is 11.4. The zero-order valence-electron chi connectivity index (χ0n) is 13.8. The van der Waals surface area contributed by atoms with Crippen molar-refractivity contribution < 1.29 is 39.9 Å². The lowest BCUT2D eigenvalue weighted by Gasteiger charge is -2.38. The fourth-order valence-corrected chi connectivity index (χ4v) is 3.37. The number of hydrogen-bond donors (Lipinski definition) is 6. The number of carboxylic acid groups (broad SMARTS) is 2. The van der Waals surface area contributed by atoms with E-state index in [2.05, 4.69) is 15.0 Å². The van der Waals surface area contributed by atoms with E-state index in [1.54, 1.807) is 0 Å². The summed E-state index contributed by atoms with van der Waals surface area (Å²) in [6.07, 6.45) is -3.10. The van der Waals surface area contributed by atoms with Crippen LogP contribution >= 0.6 is 0 Å². The van der Waals surface area contributed by atoms with Crippen LogP contribution in [0.15, 0.2) is 12.7 Å². The van der Waals surface area contributed by atoms with Crippen molar-refractivity contribution in [3.8, 4) is 0 Å². The number of aliphatic hydroxyl groups excluding tert-OH is 1. The summed E-state index contributed by atoms with van der Waals surface area (Å²) < 4.78 is 6.59. The molecule has 1 fully saturated rings. The van der Waals surface area contributed by atoms with Crippen LogP contribution in [0.4, 0.5) is 5.82 Å². The highest BCUT2D eigenvalue weighted by molar-refractivity contribution is 5.81. The van der Waals surface area contributed by atoms with Crippen LogP contribution in [-0.2, 0) is 14.3 Å². The molecule has 1 saturated heterocycles. The van der Waals surface area contributed by atoms with Crippen LogP contribution in [0.2, 0.25) is 0 Å². The monoisotopic (exact) mass is 383 g/mol. The molecule has 13 heteroatoms. The topological polar surface area (TPSA) is 214 Å². The number of ether oxygens (including phenoxy) is 1. The molecule has 13 nitrogen and oxygen atoms in total. The predicted octanol–water partition coefficient (Wildman–Crippen LogP) is -2.29. The van der Waals surface area contributed by atoms with Crippen LogP contribution in [0.5, 0.6) is 0 Å². The third kappa shape index (κ3) is 2.76. The average Bonchev–Trinajstić information content (AvgIpc) is 3.06. The van der Waals surface area contributed by atoms with Crippen LogP contribution < -0.4 is 5.73 Å². The van der Waals surface area contributed by atoms with Crippen molar-refractivity contribution in [1.82, 2.24) is 19.5 Å². The van der Waals surface area contributed by atoms with Crippen molar-refractivity contribution in [3.63, 3.8) is 0 Å². The Bertz CT molecular complexity index is 903. The Morgan fingerprint density at radius 2 is 1.78 bits per heavy atom. The molecule has 1 aliphatic rings. The summed E-state index contributed by atoms with van der Waals surface area (Å²) in [4.78, 5) is 34.3. The number of carboxylic acids is 2. The van der Waals surface area contributed by atoms with Crippen LogP contribution in [0.1, 0.15) is 19.1 Å². The summed E-state index contributed by atoms with van der Waals surface area (Å²) >= 11 is 0. The van der Waals surface area contributed by atoms with Crippen molar-refractivity contribution in [2.45, 2.75) is 36.4 Å². The Balaban J connectivity index is 2.19. The van der Waals surface area contributed by atoms with Crippen molar-refractivity contribution >= 4 is 28.9 Å². The van der Waals surface area contributed by atoms with E-state index in [-0.39, 0.29) is 17.0 Å². The summed E-state index contributed by atoms with van der Waals surface area (Å²) in [6.45, 7) is -0.869. The average molecular weight is 383 g/mol. The quantitative estimate of drug-likeness (QED) is 0.311. The molecule has 0 aromatic carbocycles. The molecule has 3 rings (SSSR count). The summed E-state index contributed by atoms with van der Waals surface area (Å²) in [5, 5.41) is 50.0. The van der Waals surface area contributed by atoms with Crippen molar-refractivity contribution in [3.05, 3.63) is 12.7 Å². The summed E-state index contributed by atoms with van der Waals surface area (Å²) in [5.74, 6) is -3.03. The third-order valence-corrected chi connectivity index (χ3v) is 4.63. The number of fused-ring (bicyclic) bond motifs is 1. The second-order valence-corrected chi connectivity index (χ2v) is 6.23. The van der Waals surface area contributed by atoms with Gasteiger partial charge < -0.3 is 36.0 Å². The molecular weight excluding hydrogens is 366 g/mol. The number of nitrogens with zero attached hydrogens (tertiary/aromatic N) is 4. The van der Waals surface area contributed by atoms with Gasteiger partial charge in [-0.1, -0.05) is 0 Å². The molecule has 0 bridgehead atoms. The minimum Gasteiger partial charge on any atom is -0.481 e. The van der Waals surface area contributed by atoms with E-state index in [1.807, 2.05) is 0 Å². The first-order valence-corrected chi connectivity index (χ1v) is 7.71. The smallest absolute Gasteiger partial charge is 0.306 e. The van der Waals surface area contributed by atoms with Gasteiger partial charge in [0.15, 0.2) is 23.3 Å². The molecule has 0 radical (unpaired) electrons. The molecule has 7 N–H and O–H groups in total. The Labute approximate surface area is 150 Å². The molecule has 1 aliphatic heterocycles. The number of aliphatic carboxylic acids is 2. The second-order valence-electron chi connectivity index (χ2n) is 6.23. The van der Waals surface area contributed by atoms with Gasteiger partial charge >= 0.3 is 11.9 Å².